The number of hydrogen-bond donors (Lipinski definition) is 0. The van der Waals surface area contributed by atoms with Crippen LogP contribution in [-0.2, 0) is 35.6 Å². The summed E-state index contributed by atoms with van der Waals surface area (Å²) in [6, 6.07) is 37.6. The Morgan fingerprint density at radius 1 is 0.714 bits per heavy atom. The summed E-state index contributed by atoms with van der Waals surface area (Å²) in [7, 11) is 0. The minimum Gasteiger partial charge on any atom is -0.0582 e. The van der Waals surface area contributed by atoms with E-state index < -0.39 is 0 Å². The van der Waals surface area contributed by atoms with Crippen molar-refractivity contribution in [3.8, 4) is 28.7 Å². The minimum absolute atomic E-state index is 0.0182. The molecule has 0 fully saturated rings. The van der Waals surface area contributed by atoms with Gasteiger partial charge in [-0.3, -0.25) is 0 Å². The van der Waals surface area contributed by atoms with E-state index in [0.717, 1.165) is 54.0 Å². The average Bonchev–Trinajstić information content (AvgIpc) is 3.68. The third-order valence-electron chi connectivity index (χ3n) is 13.2. The molecule has 0 bridgehead atoms. The minimum atomic E-state index is -0.0883. The molecule has 0 amide bonds. The second-order valence-corrected chi connectivity index (χ2v) is 19.0. The first-order chi connectivity index (χ1) is 26.5. The van der Waals surface area contributed by atoms with E-state index in [2.05, 4.69) is 192 Å². The van der Waals surface area contributed by atoms with Gasteiger partial charge >= 0.3 is 248 Å². The molecule has 1 aliphatic carbocycles. The van der Waals surface area contributed by atoms with Gasteiger partial charge in [0.1, 0.15) is 0 Å². The zero-order valence-corrected chi connectivity index (χ0v) is 36.0. The quantitative estimate of drug-likeness (QED) is 0.162. The van der Waals surface area contributed by atoms with E-state index >= 15 is 0 Å². The van der Waals surface area contributed by atoms with E-state index in [4.69, 9.17) is 9.72 Å². The second-order valence-electron chi connectivity index (χ2n) is 18.0. The summed E-state index contributed by atoms with van der Waals surface area (Å²) in [6.07, 6.45) is 5.44. The van der Waals surface area contributed by atoms with Crippen molar-refractivity contribution in [2.75, 3.05) is 0 Å². The normalized spacial score (nSPS) is 15.9. The zero-order chi connectivity index (χ0) is 39.5. The molecule has 4 aromatic heterocycles. The summed E-state index contributed by atoms with van der Waals surface area (Å²) in [5.74, 6) is 1.95. The molecule has 4 heterocycles. The van der Waals surface area contributed by atoms with Gasteiger partial charge in [-0.15, -0.1) is 0 Å². The molecular formula is C49H47N5OPt-2. The first-order valence-electron chi connectivity index (χ1n) is 19.3. The summed E-state index contributed by atoms with van der Waals surface area (Å²) in [4.78, 5) is 9.54. The Morgan fingerprint density at radius 2 is 1.43 bits per heavy atom. The second kappa shape index (κ2) is 12.5. The van der Waals surface area contributed by atoms with Crippen LogP contribution in [0.15, 0.2) is 104 Å². The summed E-state index contributed by atoms with van der Waals surface area (Å²) in [5.41, 5.74) is 11.3. The number of aromatic nitrogens is 5. The van der Waals surface area contributed by atoms with Crippen LogP contribution in [0.1, 0.15) is 84.6 Å². The van der Waals surface area contributed by atoms with Crippen LogP contribution in [-0.4, -0.2) is 23.7 Å². The van der Waals surface area contributed by atoms with Gasteiger partial charge in [0, 0.05) is 6.20 Å². The molecule has 56 heavy (non-hydrogen) atoms. The van der Waals surface area contributed by atoms with Crippen molar-refractivity contribution in [3.63, 3.8) is 0 Å². The molecule has 0 saturated carbocycles. The Kier molecular flexibility index (Phi) is 8.14. The molecule has 6 nitrogen and oxygen atoms in total. The number of hydrogen-bond acceptors (Lipinski definition) is 3. The molecule has 0 spiro atoms. The van der Waals surface area contributed by atoms with Gasteiger partial charge in [0.15, 0.2) is 0 Å². The monoisotopic (exact) mass is 916 g/mol. The number of benzene rings is 4. The third-order valence-corrected chi connectivity index (χ3v) is 14.2. The summed E-state index contributed by atoms with van der Waals surface area (Å²) < 4.78 is 14.3. The van der Waals surface area contributed by atoms with Crippen LogP contribution < -0.4 is 4.74 Å². The number of pyridine rings is 2. The van der Waals surface area contributed by atoms with Gasteiger partial charge in [-0.1, -0.05) is 47.6 Å². The molecular weight excluding hydrogens is 870 g/mol. The van der Waals surface area contributed by atoms with E-state index in [-0.39, 0.29) is 21.7 Å². The van der Waals surface area contributed by atoms with Crippen LogP contribution >= 0.6 is 0 Å². The van der Waals surface area contributed by atoms with Crippen LogP contribution in [0.5, 0.6) is 11.5 Å². The molecule has 0 saturated heterocycles. The van der Waals surface area contributed by atoms with Crippen molar-refractivity contribution in [3.05, 3.63) is 142 Å². The number of nitrogens with zero attached hydrogens (tertiary/aromatic N) is 5. The Labute approximate surface area is 340 Å². The van der Waals surface area contributed by atoms with Gasteiger partial charge in [0.2, 0.25) is 0 Å². The first-order valence-corrected chi connectivity index (χ1v) is 20.5. The fraction of sp³-hybridized carbons (Fsp3) is 0.286. The number of fused-ring (bicyclic) bond motifs is 6. The van der Waals surface area contributed by atoms with Crippen LogP contribution in [0.2, 0.25) is 0 Å². The van der Waals surface area contributed by atoms with Crippen molar-refractivity contribution < 1.29 is 24.1 Å². The Balaban J connectivity index is 1.18. The molecule has 0 aliphatic heterocycles. The van der Waals surface area contributed by atoms with E-state index in [0.29, 0.717) is 11.5 Å². The summed E-state index contributed by atoms with van der Waals surface area (Å²) >= 11 is 2.41. The fourth-order valence-corrected chi connectivity index (χ4v) is 10.0. The van der Waals surface area contributed by atoms with Gasteiger partial charge in [-0.05, 0) is 40.4 Å². The molecule has 0 unspecified atom stereocenters. The van der Waals surface area contributed by atoms with Crippen molar-refractivity contribution >= 4 is 32.8 Å². The maximum atomic E-state index is 6.62. The van der Waals surface area contributed by atoms with Crippen molar-refractivity contribution in [1.82, 2.24) is 23.7 Å². The van der Waals surface area contributed by atoms with Crippen molar-refractivity contribution in [2.24, 2.45) is 5.41 Å². The molecule has 8 aromatic rings. The van der Waals surface area contributed by atoms with Crippen LogP contribution in [0.3, 0.4) is 0 Å². The molecule has 286 valence electrons. The molecule has 7 heteroatoms. The summed E-state index contributed by atoms with van der Waals surface area (Å²) in [5, 5.41) is 2.40. The van der Waals surface area contributed by atoms with Crippen molar-refractivity contribution in [1.29, 1.82) is 0 Å². The fourth-order valence-electron chi connectivity index (χ4n) is 8.90. The molecule has 1 aliphatic rings. The predicted octanol–water partition coefficient (Wildman–Crippen LogP) is 12.0. The number of imidazole rings is 1. The van der Waals surface area contributed by atoms with Gasteiger partial charge in [-0.25, -0.2) is 0 Å². The number of para-hydroxylation sites is 2. The Hall–Kier alpha value is -5.06. The van der Waals surface area contributed by atoms with Crippen molar-refractivity contribution in [2.45, 2.75) is 85.5 Å². The van der Waals surface area contributed by atoms with Crippen LogP contribution in [0.4, 0.5) is 0 Å². The average molecular weight is 917 g/mol. The van der Waals surface area contributed by atoms with Gasteiger partial charge in [0.25, 0.3) is 0 Å². The first kappa shape index (κ1) is 36.6. The van der Waals surface area contributed by atoms with Crippen LogP contribution in [0, 0.1) is 28.3 Å². The van der Waals surface area contributed by atoms with Gasteiger partial charge < -0.3 is 0 Å². The van der Waals surface area contributed by atoms with Gasteiger partial charge in [0.05, 0.1) is 0 Å². The van der Waals surface area contributed by atoms with E-state index in [9.17, 15) is 0 Å². The molecule has 0 atom stereocenters. The summed E-state index contributed by atoms with van der Waals surface area (Å²) in [6.45, 7) is 23.3. The molecule has 0 N–H and O–H groups in total. The molecule has 0 radical (unpaired) electrons. The Bertz CT molecular complexity index is 2930. The number of ether oxygens (including phenoxy) is 1. The van der Waals surface area contributed by atoms with Gasteiger partial charge in [-0.2, -0.15) is 0 Å². The number of rotatable bonds is 5. The Morgan fingerprint density at radius 3 is 2.12 bits per heavy atom. The van der Waals surface area contributed by atoms with E-state index in [1.807, 2.05) is 24.5 Å². The van der Waals surface area contributed by atoms with E-state index in [1.165, 1.54) is 22.1 Å². The third kappa shape index (κ3) is 5.28. The molecule has 4 aromatic carbocycles. The smallest absolute Gasteiger partial charge is 0.0582 e. The SMILES string of the molecule is Cc1ccnc(-n2c3[c-]c(Oc4[c-]c(-n5[c](=[Pt])n(-c6ccc(C(C)(C)C)cc6)c6ccccc65)cnc4)ccc3c3c4c(ccc32)C(C)(C)C(C)(C)C4(C)C)c1. The molecule has 9 rings (SSSR count). The van der Waals surface area contributed by atoms with Crippen LogP contribution in [0.25, 0.3) is 50.0 Å². The topological polar surface area (TPSA) is 49.8 Å². The zero-order valence-electron chi connectivity index (χ0n) is 33.8. The standard InChI is InChI=1S/C49H47N5O.Pt/c1-31-23-24-51-43(25-31)54-41-22-21-38-45(48(7,8)49(9,10)47(38,5)6)44(41)37-20-19-35(27-42(37)54)55-36-26-34(28-50-29-36)53-30-52(39-13-11-12-14-40(39)53)33-17-15-32(16-18-33)46(2,3)4;/h11-25,28-29H,1-10H3;/q-2;. The van der Waals surface area contributed by atoms with E-state index in [1.54, 1.807) is 6.20 Å². The maximum absolute atomic E-state index is 6.62. The number of aryl methyl sites for hydroxylation is 1. The predicted molar refractivity (Wildman–Crippen MR) is 223 cm³/mol.